The van der Waals surface area contributed by atoms with Crippen LogP contribution < -0.4 is 10.5 Å². The summed E-state index contributed by atoms with van der Waals surface area (Å²) in [6, 6.07) is 12.5. The maximum Gasteiger partial charge on any atom is 0.248 e. The van der Waals surface area contributed by atoms with Crippen molar-refractivity contribution in [2.75, 3.05) is 13.7 Å². The third kappa shape index (κ3) is 3.27. The van der Waals surface area contributed by atoms with Crippen LogP contribution in [-0.2, 0) is 6.54 Å². The SMILES string of the molecule is COc1cc(C)c2[nH]ccc2c1CN1CCC2(CC2)C[C@H]1c1ccc(C(N)=O)cc1. The molecule has 1 amide bonds. The van der Waals surface area contributed by atoms with Gasteiger partial charge in [0.25, 0.3) is 0 Å². The molecule has 1 saturated carbocycles. The largest absolute Gasteiger partial charge is 0.496 e. The second kappa shape index (κ2) is 7.17. The number of hydrogen-bond donors (Lipinski definition) is 2. The molecule has 5 rings (SSSR count). The zero-order valence-corrected chi connectivity index (χ0v) is 17.7. The summed E-state index contributed by atoms with van der Waals surface area (Å²) in [6.45, 7) is 4.04. The van der Waals surface area contributed by atoms with Gasteiger partial charge in [-0.3, -0.25) is 9.69 Å². The number of fused-ring (bicyclic) bond motifs is 1. The van der Waals surface area contributed by atoms with E-state index in [0.717, 1.165) is 18.8 Å². The number of aromatic amines is 1. The van der Waals surface area contributed by atoms with Crippen molar-refractivity contribution in [1.29, 1.82) is 0 Å². The molecule has 3 N–H and O–H groups in total. The number of H-pyrrole nitrogens is 1. The zero-order chi connectivity index (χ0) is 20.9. The van der Waals surface area contributed by atoms with Gasteiger partial charge < -0.3 is 15.5 Å². The van der Waals surface area contributed by atoms with E-state index in [0.29, 0.717) is 17.0 Å². The molecule has 2 aliphatic rings. The van der Waals surface area contributed by atoms with Gasteiger partial charge >= 0.3 is 0 Å². The quantitative estimate of drug-likeness (QED) is 0.649. The molecular formula is C25H29N3O2. The van der Waals surface area contributed by atoms with E-state index < -0.39 is 0 Å². The second-order valence-corrected chi connectivity index (χ2v) is 9.07. The Morgan fingerprint density at radius 2 is 2.00 bits per heavy atom. The highest BCUT2D eigenvalue weighted by Gasteiger charge is 2.48. The van der Waals surface area contributed by atoms with Crippen LogP contribution in [0.2, 0.25) is 0 Å². The molecule has 0 unspecified atom stereocenters. The maximum atomic E-state index is 11.5. The fraction of sp³-hybridized carbons (Fsp3) is 0.400. The van der Waals surface area contributed by atoms with Gasteiger partial charge in [0.15, 0.2) is 0 Å². The number of hydrogen-bond acceptors (Lipinski definition) is 3. The molecule has 1 aliphatic heterocycles. The molecule has 1 aliphatic carbocycles. The summed E-state index contributed by atoms with van der Waals surface area (Å²) in [5.41, 5.74) is 11.4. The van der Waals surface area contributed by atoms with Gasteiger partial charge in [-0.25, -0.2) is 0 Å². The number of carbonyl (C=O) groups excluding carboxylic acids is 1. The van der Waals surface area contributed by atoms with E-state index in [9.17, 15) is 4.79 Å². The number of amides is 1. The van der Waals surface area contributed by atoms with Crippen molar-refractivity contribution in [3.05, 3.63) is 64.8 Å². The fourth-order valence-electron chi connectivity index (χ4n) is 5.18. The Labute approximate surface area is 177 Å². The molecule has 2 aromatic carbocycles. The Bertz CT molecular complexity index is 1100. The first-order chi connectivity index (χ1) is 14.5. The van der Waals surface area contributed by atoms with Crippen molar-refractivity contribution in [1.82, 2.24) is 9.88 Å². The van der Waals surface area contributed by atoms with Gasteiger partial charge in [0, 0.05) is 40.8 Å². The van der Waals surface area contributed by atoms with E-state index in [1.807, 2.05) is 18.3 Å². The van der Waals surface area contributed by atoms with Crippen molar-refractivity contribution in [2.24, 2.45) is 11.1 Å². The lowest BCUT2D eigenvalue weighted by Crippen LogP contribution is -2.37. The van der Waals surface area contributed by atoms with Crippen molar-refractivity contribution in [3.8, 4) is 5.75 Å². The average molecular weight is 404 g/mol. The Balaban J connectivity index is 1.51. The highest BCUT2D eigenvalue weighted by atomic mass is 16.5. The number of nitrogens with zero attached hydrogens (tertiary/aromatic N) is 1. The van der Waals surface area contributed by atoms with Gasteiger partial charge in [0.05, 0.1) is 7.11 Å². The first-order valence-electron chi connectivity index (χ1n) is 10.8. The highest BCUT2D eigenvalue weighted by molar-refractivity contribution is 5.92. The van der Waals surface area contributed by atoms with E-state index in [-0.39, 0.29) is 5.91 Å². The van der Waals surface area contributed by atoms with Gasteiger partial charge in [0.1, 0.15) is 5.75 Å². The predicted molar refractivity (Wildman–Crippen MR) is 119 cm³/mol. The number of benzene rings is 2. The number of nitrogens with one attached hydrogen (secondary N) is 1. The third-order valence-electron chi connectivity index (χ3n) is 7.23. The lowest BCUT2D eigenvalue weighted by atomic mass is 9.84. The van der Waals surface area contributed by atoms with Crippen LogP contribution in [0.5, 0.6) is 5.75 Å². The molecule has 3 aromatic rings. The summed E-state index contributed by atoms with van der Waals surface area (Å²) in [5.74, 6) is 0.578. The number of carbonyl (C=O) groups is 1. The topological polar surface area (TPSA) is 71.3 Å². The minimum absolute atomic E-state index is 0.336. The molecule has 1 atom stereocenters. The van der Waals surface area contributed by atoms with Crippen molar-refractivity contribution >= 4 is 16.8 Å². The second-order valence-electron chi connectivity index (χ2n) is 9.07. The summed E-state index contributed by atoms with van der Waals surface area (Å²) >= 11 is 0. The van der Waals surface area contributed by atoms with Gasteiger partial charge in [-0.1, -0.05) is 12.1 Å². The molecule has 2 fully saturated rings. The van der Waals surface area contributed by atoms with Gasteiger partial charge in [-0.05, 0) is 80.0 Å². The number of ether oxygens (including phenoxy) is 1. The summed E-state index contributed by atoms with van der Waals surface area (Å²) in [7, 11) is 1.76. The minimum Gasteiger partial charge on any atom is -0.496 e. The van der Waals surface area contributed by atoms with Crippen LogP contribution >= 0.6 is 0 Å². The molecule has 1 aromatic heterocycles. The van der Waals surface area contributed by atoms with E-state index in [1.54, 1.807) is 7.11 Å². The highest BCUT2D eigenvalue weighted by Crippen LogP contribution is 2.58. The van der Waals surface area contributed by atoms with Gasteiger partial charge in [0.2, 0.25) is 5.91 Å². The normalized spacial score (nSPS) is 20.5. The smallest absolute Gasteiger partial charge is 0.248 e. The molecule has 1 saturated heterocycles. The van der Waals surface area contributed by atoms with Crippen molar-refractivity contribution < 1.29 is 9.53 Å². The van der Waals surface area contributed by atoms with Gasteiger partial charge in [-0.15, -0.1) is 0 Å². The van der Waals surface area contributed by atoms with Crippen LogP contribution in [0.4, 0.5) is 0 Å². The summed E-state index contributed by atoms with van der Waals surface area (Å²) in [6.07, 6.45) is 7.12. The number of aromatic nitrogens is 1. The Hall–Kier alpha value is -2.79. The lowest BCUT2D eigenvalue weighted by molar-refractivity contribution is 0.0936. The molecule has 156 valence electrons. The molecule has 0 bridgehead atoms. The van der Waals surface area contributed by atoms with Crippen LogP contribution in [0.1, 0.15) is 58.8 Å². The standard InChI is InChI=1S/C25H29N3O2/c1-16-13-22(30-2)20(19-7-11-27-23(16)19)15-28-12-10-25(8-9-25)14-21(28)17-3-5-18(6-4-17)24(26)29/h3-7,11,13,21,27H,8-10,12,14-15H2,1-2H3,(H2,26,29)/t21-/m0/s1. The maximum absolute atomic E-state index is 11.5. The van der Waals surface area contributed by atoms with E-state index >= 15 is 0 Å². The Morgan fingerprint density at radius 3 is 2.67 bits per heavy atom. The van der Waals surface area contributed by atoms with Crippen molar-refractivity contribution in [2.45, 2.75) is 45.2 Å². The summed E-state index contributed by atoms with van der Waals surface area (Å²) in [5, 5.41) is 1.24. The van der Waals surface area contributed by atoms with E-state index in [2.05, 4.69) is 41.1 Å². The predicted octanol–water partition coefficient (Wildman–Crippen LogP) is 4.70. The number of primary amides is 1. The number of likely N-dealkylation sites (tertiary alicyclic amines) is 1. The lowest BCUT2D eigenvalue weighted by Gasteiger charge is -2.40. The first kappa shape index (κ1) is 19.2. The molecule has 0 radical (unpaired) electrons. The van der Waals surface area contributed by atoms with Crippen LogP contribution in [0.15, 0.2) is 42.6 Å². The molecule has 5 nitrogen and oxygen atoms in total. The van der Waals surface area contributed by atoms with E-state index in [4.69, 9.17) is 10.5 Å². The monoisotopic (exact) mass is 403 g/mol. The summed E-state index contributed by atoms with van der Waals surface area (Å²) in [4.78, 5) is 17.5. The number of rotatable bonds is 5. The number of aryl methyl sites for hydroxylation is 1. The number of piperidine rings is 1. The molecule has 30 heavy (non-hydrogen) atoms. The van der Waals surface area contributed by atoms with Crippen LogP contribution in [0.25, 0.3) is 10.9 Å². The fourth-order valence-corrected chi connectivity index (χ4v) is 5.18. The van der Waals surface area contributed by atoms with Crippen molar-refractivity contribution in [3.63, 3.8) is 0 Å². The first-order valence-corrected chi connectivity index (χ1v) is 10.8. The number of methoxy groups -OCH3 is 1. The Morgan fingerprint density at radius 1 is 1.23 bits per heavy atom. The average Bonchev–Trinajstić information content (AvgIpc) is 3.31. The molecule has 5 heteroatoms. The van der Waals surface area contributed by atoms with Crippen LogP contribution in [-0.4, -0.2) is 29.4 Å². The number of nitrogens with two attached hydrogens (primary N) is 1. The van der Waals surface area contributed by atoms with Crippen LogP contribution in [0, 0.1) is 12.3 Å². The molecular weight excluding hydrogens is 374 g/mol. The van der Waals surface area contributed by atoms with E-state index in [1.165, 1.54) is 53.3 Å². The third-order valence-corrected chi connectivity index (χ3v) is 7.23. The van der Waals surface area contributed by atoms with Crippen LogP contribution in [0.3, 0.4) is 0 Å². The Kier molecular flexibility index (Phi) is 4.58. The zero-order valence-electron chi connectivity index (χ0n) is 17.7. The summed E-state index contributed by atoms with van der Waals surface area (Å²) < 4.78 is 5.79. The molecule has 1 spiro atoms. The van der Waals surface area contributed by atoms with Gasteiger partial charge in [-0.2, -0.15) is 0 Å². The molecule has 2 heterocycles. The minimum atomic E-state index is -0.375.